The lowest BCUT2D eigenvalue weighted by Crippen LogP contribution is -2.45. The Morgan fingerprint density at radius 3 is 2.52 bits per heavy atom. The zero-order valence-corrected chi connectivity index (χ0v) is 16.1. The van der Waals surface area contributed by atoms with Crippen molar-refractivity contribution in [1.29, 1.82) is 0 Å². The molecule has 0 aliphatic carbocycles. The van der Waals surface area contributed by atoms with Crippen LogP contribution in [0.5, 0.6) is 11.5 Å². The van der Waals surface area contributed by atoms with Gasteiger partial charge in [0.2, 0.25) is 0 Å². The largest absolute Gasteiger partial charge is 0.497 e. The standard InChI is InChI=1S/C20H21N3O3S/c1-12-17(19(24)22-13-7-5-4-6-8-13)18(23-20(27)21-12)15-10-9-14(25-2)11-16(15)26-3/h4-11,18H,1-3H3,(H,22,24)(H2,21,23,27). The fourth-order valence-corrected chi connectivity index (χ4v) is 3.28. The van der Waals surface area contributed by atoms with E-state index in [1.807, 2.05) is 49.4 Å². The van der Waals surface area contributed by atoms with Gasteiger partial charge in [0.05, 0.1) is 25.8 Å². The Morgan fingerprint density at radius 1 is 1.11 bits per heavy atom. The molecule has 0 aromatic heterocycles. The van der Waals surface area contributed by atoms with Crippen molar-refractivity contribution in [2.75, 3.05) is 19.5 Å². The number of carbonyl (C=O) groups is 1. The zero-order chi connectivity index (χ0) is 19.4. The fraction of sp³-hybridized carbons (Fsp3) is 0.200. The Bertz CT molecular complexity index is 897. The molecule has 3 N–H and O–H groups in total. The lowest BCUT2D eigenvalue weighted by Gasteiger charge is -2.31. The predicted octanol–water partition coefficient (Wildman–Crippen LogP) is 3.14. The van der Waals surface area contributed by atoms with Crippen LogP contribution in [0.15, 0.2) is 59.8 Å². The Balaban J connectivity index is 2.01. The summed E-state index contributed by atoms with van der Waals surface area (Å²) in [6.07, 6.45) is 0. The number of nitrogens with one attached hydrogen (secondary N) is 3. The molecular formula is C20H21N3O3S. The highest BCUT2D eigenvalue weighted by molar-refractivity contribution is 7.80. The van der Waals surface area contributed by atoms with E-state index in [0.717, 1.165) is 11.3 Å². The second-order valence-corrected chi connectivity index (χ2v) is 6.41. The number of benzene rings is 2. The highest BCUT2D eigenvalue weighted by Gasteiger charge is 2.32. The van der Waals surface area contributed by atoms with Gasteiger partial charge in [-0.15, -0.1) is 0 Å². The van der Waals surface area contributed by atoms with Crippen LogP contribution >= 0.6 is 12.2 Å². The molecule has 1 amide bonds. The van der Waals surface area contributed by atoms with E-state index in [9.17, 15) is 4.79 Å². The third-order valence-electron chi connectivity index (χ3n) is 4.30. The van der Waals surface area contributed by atoms with E-state index in [2.05, 4.69) is 16.0 Å². The molecule has 2 aromatic carbocycles. The lowest BCUT2D eigenvalue weighted by atomic mass is 9.94. The molecule has 0 spiro atoms. The first-order chi connectivity index (χ1) is 13.0. The van der Waals surface area contributed by atoms with Crippen molar-refractivity contribution in [1.82, 2.24) is 10.6 Å². The fourth-order valence-electron chi connectivity index (χ4n) is 3.00. The first kappa shape index (κ1) is 18.7. The van der Waals surface area contributed by atoms with Crippen molar-refractivity contribution in [3.8, 4) is 11.5 Å². The third-order valence-corrected chi connectivity index (χ3v) is 4.52. The zero-order valence-electron chi connectivity index (χ0n) is 15.3. The van der Waals surface area contributed by atoms with E-state index in [1.54, 1.807) is 20.3 Å². The van der Waals surface area contributed by atoms with Gasteiger partial charge in [-0.25, -0.2) is 0 Å². The Kier molecular flexibility index (Phi) is 5.61. The second kappa shape index (κ2) is 8.09. The molecule has 1 unspecified atom stereocenters. The van der Waals surface area contributed by atoms with Crippen molar-refractivity contribution in [2.45, 2.75) is 13.0 Å². The minimum atomic E-state index is -0.455. The Morgan fingerprint density at radius 2 is 1.85 bits per heavy atom. The molecule has 0 fully saturated rings. The highest BCUT2D eigenvalue weighted by atomic mass is 32.1. The molecule has 1 aliphatic rings. The van der Waals surface area contributed by atoms with Crippen LogP contribution < -0.4 is 25.4 Å². The third kappa shape index (κ3) is 4.03. The van der Waals surface area contributed by atoms with Crippen LogP contribution in [-0.2, 0) is 4.79 Å². The van der Waals surface area contributed by atoms with Gasteiger partial charge in [-0.2, -0.15) is 0 Å². The van der Waals surface area contributed by atoms with Gasteiger partial charge in [0.15, 0.2) is 5.11 Å². The molecule has 6 nitrogen and oxygen atoms in total. The van der Waals surface area contributed by atoms with E-state index >= 15 is 0 Å². The van der Waals surface area contributed by atoms with Crippen LogP contribution in [0.25, 0.3) is 0 Å². The van der Waals surface area contributed by atoms with E-state index in [4.69, 9.17) is 21.7 Å². The van der Waals surface area contributed by atoms with Crippen LogP contribution in [0.4, 0.5) is 5.69 Å². The number of thiocarbonyl (C=S) groups is 1. The molecule has 1 aliphatic heterocycles. The summed E-state index contributed by atoms with van der Waals surface area (Å²) in [5, 5.41) is 9.58. The molecule has 0 radical (unpaired) electrons. The number of amides is 1. The maximum atomic E-state index is 13.0. The average molecular weight is 383 g/mol. The van der Waals surface area contributed by atoms with Crippen molar-refractivity contribution in [3.63, 3.8) is 0 Å². The molecule has 7 heteroatoms. The van der Waals surface area contributed by atoms with Crippen molar-refractivity contribution < 1.29 is 14.3 Å². The number of ether oxygens (including phenoxy) is 2. The minimum Gasteiger partial charge on any atom is -0.497 e. The van der Waals surface area contributed by atoms with E-state index in [-0.39, 0.29) is 5.91 Å². The van der Waals surface area contributed by atoms with E-state index in [0.29, 0.717) is 27.9 Å². The molecule has 0 saturated carbocycles. The summed E-state index contributed by atoms with van der Waals surface area (Å²) in [7, 11) is 3.17. The number of rotatable bonds is 5. The Hall–Kier alpha value is -3.06. The molecular weight excluding hydrogens is 362 g/mol. The van der Waals surface area contributed by atoms with Gasteiger partial charge >= 0.3 is 0 Å². The number of para-hydroxylation sites is 1. The van der Waals surface area contributed by atoms with Gasteiger partial charge in [-0.05, 0) is 43.4 Å². The molecule has 140 valence electrons. The summed E-state index contributed by atoms with van der Waals surface area (Å²) < 4.78 is 10.8. The van der Waals surface area contributed by atoms with Gasteiger partial charge in [-0.3, -0.25) is 4.79 Å². The molecule has 1 atom stereocenters. The minimum absolute atomic E-state index is 0.218. The molecule has 27 heavy (non-hydrogen) atoms. The maximum absolute atomic E-state index is 13.0. The van der Waals surface area contributed by atoms with Gasteiger partial charge < -0.3 is 25.4 Å². The summed E-state index contributed by atoms with van der Waals surface area (Å²) in [6, 6.07) is 14.3. The molecule has 0 saturated heterocycles. The number of carbonyl (C=O) groups excluding carboxylic acids is 1. The van der Waals surface area contributed by atoms with Gasteiger partial charge in [-0.1, -0.05) is 18.2 Å². The summed E-state index contributed by atoms with van der Waals surface area (Å²) in [6.45, 7) is 1.83. The summed E-state index contributed by atoms with van der Waals surface area (Å²) >= 11 is 5.30. The van der Waals surface area contributed by atoms with Crippen LogP contribution in [0.2, 0.25) is 0 Å². The first-order valence-corrected chi connectivity index (χ1v) is 8.81. The van der Waals surface area contributed by atoms with Crippen molar-refractivity contribution in [3.05, 3.63) is 65.4 Å². The maximum Gasteiger partial charge on any atom is 0.255 e. The van der Waals surface area contributed by atoms with E-state index in [1.165, 1.54) is 0 Å². The molecule has 0 bridgehead atoms. The van der Waals surface area contributed by atoms with Crippen molar-refractivity contribution in [2.24, 2.45) is 0 Å². The quantitative estimate of drug-likeness (QED) is 0.689. The van der Waals surface area contributed by atoms with Crippen LogP contribution in [-0.4, -0.2) is 25.2 Å². The summed E-state index contributed by atoms with van der Waals surface area (Å²) in [5.74, 6) is 1.06. The molecule has 2 aromatic rings. The number of hydrogen-bond acceptors (Lipinski definition) is 4. The number of methoxy groups -OCH3 is 2. The molecule has 1 heterocycles. The smallest absolute Gasteiger partial charge is 0.255 e. The summed E-state index contributed by atoms with van der Waals surface area (Å²) in [4.78, 5) is 13.0. The molecule has 3 rings (SSSR count). The SMILES string of the molecule is COc1ccc(C2NC(=S)NC(C)=C2C(=O)Nc2ccccc2)c(OC)c1. The normalized spacial score (nSPS) is 16.3. The topological polar surface area (TPSA) is 71.6 Å². The monoisotopic (exact) mass is 383 g/mol. The van der Waals surface area contributed by atoms with Gasteiger partial charge in [0.1, 0.15) is 11.5 Å². The van der Waals surface area contributed by atoms with Crippen molar-refractivity contribution >= 4 is 28.9 Å². The van der Waals surface area contributed by atoms with Crippen LogP contribution in [0, 0.1) is 0 Å². The predicted molar refractivity (Wildman–Crippen MR) is 109 cm³/mol. The average Bonchev–Trinajstić information content (AvgIpc) is 2.67. The second-order valence-electron chi connectivity index (χ2n) is 6.00. The number of allylic oxidation sites excluding steroid dienone is 1. The number of anilines is 1. The van der Waals surface area contributed by atoms with Crippen LogP contribution in [0.1, 0.15) is 18.5 Å². The highest BCUT2D eigenvalue weighted by Crippen LogP contribution is 2.35. The Labute approximate surface area is 163 Å². The lowest BCUT2D eigenvalue weighted by molar-refractivity contribution is -0.113. The number of hydrogen-bond donors (Lipinski definition) is 3. The van der Waals surface area contributed by atoms with Gasteiger partial charge in [0.25, 0.3) is 5.91 Å². The summed E-state index contributed by atoms with van der Waals surface area (Å²) in [5.41, 5.74) is 2.74. The van der Waals surface area contributed by atoms with Crippen LogP contribution in [0.3, 0.4) is 0 Å². The van der Waals surface area contributed by atoms with Gasteiger partial charge in [0, 0.05) is 23.0 Å². The van der Waals surface area contributed by atoms with E-state index < -0.39 is 6.04 Å². The first-order valence-electron chi connectivity index (χ1n) is 8.40.